The van der Waals surface area contributed by atoms with Crippen LogP contribution in [0.5, 0.6) is 0 Å². The molecule has 2 rings (SSSR count). The van der Waals surface area contributed by atoms with E-state index < -0.39 is 0 Å². The summed E-state index contributed by atoms with van der Waals surface area (Å²) in [5, 5.41) is 1.77. The molecule has 0 aliphatic rings. The molecule has 2 nitrogen and oxygen atoms in total. The molecule has 1 aromatic heterocycles. The predicted molar refractivity (Wildman–Crippen MR) is 66.3 cm³/mol. The van der Waals surface area contributed by atoms with Crippen LogP contribution < -0.4 is 5.56 Å². The summed E-state index contributed by atoms with van der Waals surface area (Å²) in [5.41, 5.74) is 1.09. The van der Waals surface area contributed by atoms with Gasteiger partial charge in [0.2, 0.25) is 0 Å². The topological polar surface area (TPSA) is 22.0 Å². The summed E-state index contributed by atoms with van der Waals surface area (Å²) in [6, 6.07) is 7.86. The van der Waals surface area contributed by atoms with Gasteiger partial charge in [0.1, 0.15) is 0 Å². The summed E-state index contributed by atoms with van der Waals surface area (Å²) in [7, 11) is 0. The number of hydrogen-bond acceptors (Lipinski definition) is 1. The molecule has 0 unspecified atom stereocenters. The summed E-state index contributed by atoms with van der Waals surface area (Å²) in [6.07, 6.45) is 0. The normalized spacial score (nSPS) is 10.9. The quantitative estimate of drug-likeness (QED) is 0.777. The van der Waals surface area contributed by atoms with Crippen LogP contribution in [0.15, 0.2) is 33.5 Å². The molecule has 2 aromatic rings. The fraction of sp³-hybridized carbons (Fsp3) is 0.250. The van der Waals surface area contributed by atoms with Crippen LogP contribution in [0, 0.1) is 6.92 Å². The van der Waals surface area contributed by atoms with Crippen molar-refractivity contribution in [1.29, 1.82) is 0 Å². The van der Waals surface area contributed by atoms with E-state index in [4.69, 9.17) is 0 Å². The van der Waals surface area contributed by atoms with E-state index in [2.05, 4.69) is 15.9 Å². The minimum atomic E-state index is 0.0833. The molecule has 3 heteroatoms. The number of rotatable bonds is 1. The van der Waals surface area contributed by atoms with E-state index in [1.54, 1.807) is 4.57 Å². The third-order valence-electron chi connectivity index (χ3n) is 2.61. The highest BCUT2D eigenvalue weighted by Gasteiger charge is 2.07. The van der Waals surface area contributed by atoms with Crippen LogP contribution in [0.2, 0.25) is 0 Å². The Labute approximate surface area is 96.7 Å². The highest BCUT2D eigenvalue weighted by Crippen LogP contribution is 2.21. The van der Waals surface area contributed by atoms with Gasteiger partial charge in [0.25, 0.3) is 5.56 Å². The van der Waals surface area contributed by atoms with Crippen LogP contribution in [0.25, 0.3) is 10.8 Å². The molecular formula is C12H12BrNO. The smallest absolute Gasteiger partial charge is 0.259 e. The summed E-state index contributed by atoms with van der Waals surface area (Å²) in [4.78, 5) is 12.1. The lowest BCUT2D eigenvalue weighted by atomic mass is 10.1. The number of hydrogen-bond donors (Lipinski definition) is 0. The Bertz CT molecular complexity index is 572. The van der Waals surface area contributed by atoms with Gasteiger partial charge in [-0.1, -0.05) is 12.1 Å². The minimum absolute atomic E-state index is 0.0833. The zero-order valence-corrected chi connectivity index (χ0v) is 10.3. The lowest BCUT2D eigenvalue weighted by Gasteiger charge is -2.09. The Hall–Kier alpha value is -1.09. The van der Waals surface area contributed by atoms with Gasteiger partial charge in [-0.25, -0.2) is 0 Å². The minimum Gasteiger partial charge on any atom is -0.313 e. The zero-order valence-electron chi connectivity index (χ0n) is 8.75. The first kappa shape index (κ1) is 10.4. The summed E-state index contributed by atoms with van der Waals surface area (Å²) in [5.74, 6) is 0. The molecular weight excluding hydrogens is 254 g/mol. The highest BCUT2D eigenvalue weighted by atomic mass is 79.9. The van der Waals surface area contributed by atoms with Gasteiger partial charge in [-0.15, -0.1) is 0 Å². The number of benzene rings is 1. The molecule has 1 heterocycles. The van der Waals surface area contributed by atoms with Crippen molar-refractivity contribution in [2.45, 2.75) is 20.4 Å². The molecule has 78 valence electrons. The number of nitrogens with zero attached hydrogens (tertiary/aromatic N) is 1. The lowest BCUT2D eigenvalue weighted by molar-refractivity contribution is 0.708. The molecule has 0 aliphatic carbocycles. The van der Waals surface area contributed by atoms with Gasteiger partial charge < -0.3 is 4.57 Å². The van der Waals surface area contributed by atoms with Crippen LogP contribution >= 0.6 is 15.9 Å². The zero-order chi connectivity index (χ0) is 11.0. The second-order valence-electron chi connectivity index (χ2n) is 3.54. The second kappa shape index (κ2) is 3.81. The van der Waals surface area contributed by atoms with E-state index in [1.807, 2.05) is 38.1 Å². The van der Waals surface area contributed by atoms with Gasteiger partial charge in [0.05, 0.1) is 5.39 Å². The van der Waals surface area contributed by atoms with Crippen molar-refractivity contribution < 1.29 is 0 Å². The van der Waals surface area contributed by atoms with Crippen molar-refractivity contribution in [2.75, 3.05) is 0 Å². The number of aryl methyl sites for hydroxylation is 1. The van der Waals surface area contributed by atoms with Crippen molar-refractivity contribution in [3.63, 3.8) is 0 Å². The van der Waals surface area contributed by atoms with E-state index in [9.17, 15) is 4.79 Å². The molecule has 0 saturated carbocycles. The van der Waals surface area contributed by atoms with Gasteiger partial charge in [0, 0.05) is 16.7 Å². The standard InChI is InChI=1S/C12H12BrNO/c1-3-14-8(2)7-9-5-4-6-10(13)11(9)12(14)15/h4-7H,3H2,1-2H3. The molecule has 0 atom stereocenters. The van der Waals surface area contributed by atoms with Crippen molar-refractivity contribution in [1.82, 2.24) is 4.57 Å². The van der Waals surface area contributed by atoms with Crippen LogP contribution in [0.3, 0.4) is 0 Å². The predicted octanol–water partition coefficient (Wildman–Crippen LogP) is 3.09. The SMILES string of the molecule is CCn1c(C)cc2cccc(Br)c2c1=O. The molecule has 0 fully saturated rings. The van der Waals surface area contributed by atoms with Crippen LogP contribution in [0.1, 0.15) is 12.6 Å². The summed E-state index contributed by atoms with van der Waals surface area (Å²) < 4.78 is 2.65. The monoisotopic (exact) mass is 265 g/mol. The first-order chi connectivity index (χ1) is 7.15. The van der Waals surface area contributed by atoms with Crippen LogP contribution in [-0.4, -0.2) is 4.57 Å². The van der Waals surface area contributed by atoms with Gasteiger partial charge >= 0.3 is 0 Å². The van der Waals surface area contributed by atoms with E-state index in [0.717, 1.165) is 20.9 Å². The fourth-order valence-corrected chi connectivity index (χ4v) is 2.43. The van der Waals surface area contributed by atoms with Crippen molar-refractivity contribution in [3.8, 4) is 0 Å². The number of aromatic nitrogens is 1. The van der Waals surface area contributed by atoms with E-state index in [0.29, 0.717) is 6.54 Å². The second-order valence-corrected chi connectivity index (χ2v) is 4.39. The Morgan fingerprint density at radius 2 is 2.13 bits per heavy atom. The molecule has 0 spiro atoms. The molecule has 0 saturated heterocycles. The molecule has 0 radical (unpaired) electrons. The Balaban J connectivity index is 2.99. The molecule has 0 bridgehead atoms. The molecule has 15 heavy (non-hydrogen) atoms. The van der Waals surface area contributed by atoms with Gasteiger partial charge in [-0.05, 0) is 47.3 Å². The maximum atomic E-state index is 12.1. The Kier molecular flexibility index (Phi) is 2.65. The Morgan fingerprint density at radius 1 is 1.40 bits per heavy atom. The van der Waals surface area contributed by atoms with Crippen molar-refractivity contribution >= 4 is 26.7 Å². The third kappa shape index (κ3) is 1.61. The summed E-state index contributed by atoms with van der Waals surface area (Å²) >= 11 is 3.42. The largest absolute Gasteiger partial charge is 0.313 e. The van der Waals surface area contributed by atoms with Crippen molar-refractivity contribution in [2.24, 2.45) is 0 Å². The number of fused-ring (bicyclic) bond motifs is 1. The van der Waals surface area contributed by atoms with Crippen LogP contribution in [0.4, 0.5) is 0 Å². The highest BCUT2D eigenvalue weighted by molar-refractivity contribution is 9.10. The third-order valence-corrected chi connectivity index (χ3v) is 3.27. The molecule has 0 aliphatic heterocycles. The Morgan fingerprint density at radius 3 is 2.80 bits per heavy atom. The van der Waals surface area contributed by atoms with Gasteiger partial charge in [-0.2, -0.15) is 0 Å². The van der Waals surface area contributed by atoms with E-state index >= 15 is 0 Å². The lowest BCUT2D eigenvalue weighted by Crippen LogP contribution is -2.21. The number of pyridine rings is 1. The maximum Gasteiger partial charge on any atom is 0.259 e. The van der Waals surface area contributed by atoms with Crippen molar-refractivity contribution in [3.05, 3.63) is 44.8 Å². The number of halogens is 1. The molecule has 0 amide bonds. The molecule has 1 aromatic carbocycles. The van der Waals surface area contributed by atoms with Gasteiger partial charge in [-0.3, -0.25) is 4.79 Å². The van der Waals surface area contributed by atoms with E-state index in [1.165, 1.54) is 0 Å². The molecule has 0 N–H and O–H groups in total. The first-order valence-electron chi connectivity index (χ1n) is 4.94. The van der Waals surface area contributed by atoms with Gasteiger partial charge in [0.15, 0.2) is 0 Å². The first-order valence-corrected chi connectivity index (χ1v) is 5.73. The summed E-state index contributed by atoms with van der Waals surface area (Å²) in [6.45, 7) is 4.66. The van der Waals surface area contributed by atoms with E-state index in [-0.39, 0.29) is 5.56 Å². The average molecular weight is 266 g/mol. The van der Waals surface area contributed by atoms with Crippen LogP contribution in [-0.2, 0) is 6.54 Å². The average Bonchev–Trinajstić information content (AvgIpc) is 2.17. The maximum absolute atomic E-state index is 12.1. The fourth-order valence-electron chi connectivity index (χ4n) is 1.88.